The highest BCUT2D eigenvalue weighted by atomic mass is 35.5. The predicted molar refractivity (Wildman–Crippen MR) is 82.2 cm³/mol. The molecule has 0 aromatic heterocycles. The number of nitrogen functional groups attached to an aromatic ring is 1. The maximum Gasteiger partial charge on any atom is 0.0744 e. The molecule has 3 heteroatoms. The van der Waals surface area contributed by atoms with Crippen LogP contribution in [0.3, 0.4) is 0 Å². The van der Waals surface area contributed by atoms with Crippen molar-refractivity contribution in [2.24, 2.45) is 5.92 Å². The molecule has 1 aliphatic rings. The second-order valence-electron chi connectivity index (χ2n) is 5.22. The highest BCUT2D eigenvalue weighted by Crippen LogP contribution is 2.39. The molecular formula is C16H17ClN2. The minimum absolute atomic E-state index is 0.605. The van der Waals surface area contributed by atoms with Gasteiger partial charge in [-0.2, -0.15) is 0 Å². The van der Waals surface area contributed by atoms with Crippen LogP contribution in [0.25, 0.3) is 0 Å². The Morgan fingerprint density at radius 1 is 1.11 bits per heavy atom. The summed E-state index contributed by atoms with van der Waals surface area (Å²) in [6.45, 7) is 3.24. The van der Waals surface area contributed by atoms with E-state index in [0.717, 1.165) is 18.7 Å². The molecule has 1 atom stereocenters. The molecule has 1 unspecified atom stereocenters. The zero-order valence-electron chi connectivity index (χ0n) is 10.9. The summed E-state index contributed by atoms with van der Waals surface area (Å²) in [4.78, 5) is 2.28. The summed E-state index contributed by atoms with van der Waals surface area (Å²) >= 11 is 6.14. The van der Waals surface area contributed by atoms with Gasteiger partial charge in [-0.15, -0.1) is 0 Å². The van der Waals surface area contributed by atoms with Crippen molar-refractivity contribution in [3.8, 4) is 0 Å². The van der Waals surface area contributed by atoms with Gasteiger partial charge >= 0.3 is 0 Å². The fourth-order valence-electron chi connectivity index (χ4n) is 2.79. The maximum atomic E-state index is 6.14. The Hall–Kier alpha value is -1.67. The van der Waals surface area contributed by atoms with Crippen LogP contribution in [0.2, 0.25) is 5.02 Å². The number of halogens is 1. The average Bonchev–Trinajstić information content (AvgIpc) is 2.41. The van der Waals surface area contributed by atoms with E-state index in [1.165, 1.54) is 11.3 Å². The minimum atomic E-state index is 0.605. The van der Waals surface area contributed by atoms with Crippen molar-refractivity contribution in [1.29, 1.82) is 0 Å². The molecular weight excluding hydrogens is 256 g/mol. The Bertz CT molecular complexity index is 609. The summed E-state index contributed by atoms with van der Waals surface area (Å²) in [7, 11) is 0. The molecule has 0 spiro atoms. The normalized spacial score (nSPS) is 18.2. The monoisotopic (exact) mass is 272 g/mol. The molecule has 98 valence electrons. The summed E-state index contributed by atoms with van der Waals surface area (Å²) < 4.78 is 0. The van der Waals surface area contributed by atoms with Gasteiger partial charge in [-0.05, 0) is 36.1 Å². The van der Waals surface area contributed by atoms with Gasteiger partial charge in [0.05, 0.1) is 16.4 Å². The Kier molecular flexibility index (Phi) is 3.11. The molecule has 1 heterocycles. The van der Waals surface area contributed by atoms with Crippen molar-refractivity contribution in [2.75, 3.05) is 17.2 Å². The third kappa shape index (κ3) is 2.17. The van der Waals surface area contributed by atoms with Crippen molar-refractivity contribution in [3.63, 3.8) is 0 Å². The third-order valence-corrected chi connectivity index (χ3v) is 4.00. The van der Waals surface area contributed by atoms with E-state index >= 15 is 0 Å². The molecule has 2 nitrogen and oxygen atoms in total. The summed E-state index contributed by atoms with van der Waals surface area (Å²) in [6.07, 6.45) is 1.12. The van der Waals surface area contributed by atoms with E-state index in [-0.39, 0.29) is 0 Å². The number of hydrogen-bond acceptors (Lipinski definition) is 2. The molecule has 2 aromatic rings. The van der Waals surface area contributed by atoms with Crippen LogP contribution in [0.5, 0.6) is 0 Å². The maximum absolute atomic E-state index is 6.14. The lowest BCUT2D eigenvalue weighted by atomic mass is 9.93. The van der Waals surface area contributed by atoms with Gasteiger partial charge < -0.3 is 10.6 Å². The number of anilines is 3. The summed E-state index contributed by atoms with van der Waals surface area (Å²) in [6, 6.07) is 14.3. The van der Waals surface area contributed by atoms with Crippen LogP contribution in [0.1, 0.15) is 12.5 Å². The fraction of sp³-hybridized carbons (Fsp3) is 0.250. The van der Waals surface area contributed by atoms with Crippen molar-refractivity contribution in [1.82, 2.24) is 0 Å². The first-order chi connectivity index (χ1) is 9.16. The predicted octanol–water partition coefficient (Wildman–Crippen LogP) is 4.25. The number of para-hydroxylation sites is 2. The smallest absolute Gasteiger partial charge is 0.0744 e. The molecule has 0 bridgehead atoms. The quantitative estimate of drug-likeness (QED) is 0.786. The van der Waals surface area contributed by atoms with Gasteiger partial charge in [0, 0.05) is 12.2 Å². The van der Waals surface area contributed by atoms with Crippen LogP contribution in [-0.2, 0) is 6.42 Å². The number of nitrogens with two attached hydrogens (primary N) is 1. The molecule has 0 fully saturated rings. The first-order valence-corrected chi connectivity index (χ1v) is 6.94. The molecule has 0 aliphatic carbocycles. The van der Waals surface area contributed by atoms with Crippen molar-refractivity contribution < 1.29 is 0 Å². The van der Waals surface area contributed by atoms with Gasteiger partial charge in [-0.3, -0.25) is 0 Å². The molecule has 2 aromatic carbocycles. The number of rotatable bonds is 1. The third-order valence-electron chi connectivity index (χ3n) is 3.67. The van der Waals surface area contributed by atoms with E-state index < -0.39 is 0 Å². The van der Waals surface area contributed by atoms with Gasteiger partial charge in [-0.1, -0.05) is 42.8 Å². The fourth-order valence-corrected chi connectivity index (χ4v) is 2.96. The molecule has 0 radical (unpaired) electrons. The van der Waals surface area contributed by atoms with E-state index in [1.807, 2.05) is 18.2 Å². The molecule has 2 N–H and O–H groups in total. The molecule has 0 amide bonds. The van der Waals surface area contributed by atoms with Crippen LogP contribution in [0.4, 0.5) is 17.1 Å². The lowest BCUT2D eigenvalue weighted by molar-refractivity contribution is 0.562. The Morgan fingerprint density at radius 2 is 1.84 bits per heavy atom. The van der Waals surface area contributed by atoms with E-state index in [9.17, 15) is 0 Å². The first kappa shape index (κ1) is 12.4. The molecule has 3 rings (SSSR count). The Labute approximate surface area is 118 Å². The Morgan fingerprint density at radius 3 is 2.68 bits per heavy atom. The van der Waals surface area contributed by atoms with Gasteiger partial charge in [0.25, 0.3) is 0 Å². The second-order valence-corrected chi connectivity index (χ2v) is 5.63. The lowest BCUT2D eigenvalue weighted by Gasteiger charge is -2.35. The van der Waals surface area contributed by atoms with Crippen LogP contribution < -0.4 is 10.6 Å². The SMILES string of the molecule is CC1Cc2ccccc2N(c2cccc(Cl)c2N)C1. The molecule has 0 saturated heterocycles. The molecule has 19 heavy (non-hydrogen) atoms. The second kappa shape index (κ2) is 4.78. The van der Waals surface area contributed by atoms with Crippen LogP contribution in [-0.4, -0.2) is 6.54 Å². The number of fused-ring (bicyclic) bond motifs is 1. The summed E-state index contributed by atoms with van der Waals surface area (Å²) in [5.41, 5.74) is 10.4. The first-order valence-electron chi connectivity index (χ1n) is 6.56. The van der Waals surface area contributed by atoms with Gasteiger partial charge in [0.2, 0.25) is 0 Å². The van der Waals surface area contributed by atoms with Gasteiger partial charge in [-0.25, -0.2) is 0 Å². The van der Waals surface area contributed by atoms with Crippen molar-refractivity contribution in [2.45, 2.75) is 13.3 Å². The summed E-state index contributed by atoms with van der Waals surface area (Å²) in [5.74, 6) is 0.605. The van der Waals surface area contributed by atoms with Crippen LogP contribution in [0, 0.1) is 5.92 Å². The van der Waals surface area contributed by atoms with E-state index in [1.54, 1.807) is 0 Å². The zero-order chi connectivity index (χ0) is 13.4. The number of nitrogens with zero attached hydrogens (tertiary/aromatic N) is 1. The zero-order valence-corrected chi connectivity index (χ0v) is 11.7. The van der Waals surface area contributed by atoms with E-state index in [4.69, 9.17) is 17.3 Å². The standard InChI is InChI=1S/C16H17ClN2/c1-11-9-12-5-2-3-7-14(12)19(10-11)15-8-4-6-13(17)16(15)18/h2-8,11H,9-10,18H2,1H3. The molecule has 1 aliphatic heterocycles. The minimum Gasteiger partial charge on any atom is -0.396 e. The van der Waals surface area contributed by atoms with E-state index in [2.05, 4.69) is 36.1 Å². The van der Waals surface area contributed by atoms with Gasteiger partial charge in [0.1, 0.15) is 0 Å². The molecule has 0 saturated carbocycles. The van der Waals surface area contributed by atoms with Gasteiger partial charge in [0.15, 0.2) is 0 Å². The summed E-state index contributed by atoms with van der Waals surface area (Å²) in [5, 5.41) is 0.619. The Balaban J connectivity index is 2.13. The van der Waals surface area contributed by atoms with Crippen molar-refractivity contribution in [3.05, 3.63) is 53.1 Å². The highest BCUT2D eigenvalue weighted by Gasteiger charge is 2.24. The van der Waals surface area contributed by atoms with Crippen LogP contribution in [0.15, 0.2) is 42.5 Å². The number of hydrogen-bond donors (Lipinski definition) is 1. The average molecular weight is 273 g/mol. The van der Waals surface area contributed by atoms with Crippen molar-refractivity contribution >= 4 is 28.7 Å². The lowest BCUT2D eigenvalue weighted by Crippen LogP contribution is -2.30. The number of benzene rings is 2. The van der Waals surface area contributed by atoms with Crippen LogP contribution >= 0.6 is 11.6 Å². The van der Waals surface area contributed by atoms with E-state index in [0.29, 0.717) is 16.6 Å². The largest absolute Gasteiger partial charge is 0.396 e. The topological polar surface area (TPSA) is 29.3 Å². The highest BCUT2D eigenvalue weighted by molar-refractivity contribution is 6.33.